The number of methoxy groups -OCH3 is 1. The highest BCUT2D eigenvalue weighted by atomic mass is 19.1. The highest BCUT2D eigenvalue weighted by Gasteiger charge is 2.23. The second kappa shape index (κ2) is 10.4. The van der Waals surface area contributed by atoms with Gasteiger partial charge in [0.2, 0.25) is 5.89 Å². The molecule has 0 aliphatic carbocycles. The zero-order valence-electron chi connectivity index (χ0n) is 17.6. The molecule has 1 saturated heterocycles. The number of esters is 1. The summed E-state index contributed by atoms with van der Waals surface area (Å²) in [6, 6.07) is 4.43. The van der Waals surface area contributed by atoms with E-state index in [1.807, 2.05) is 13.8 Å². The van der Waals surface area contributed by atoms with E-state index in [0.29, 0.717) is 30.8 Å². The molecule has 0 unspecified atom stereocenters. The molecular weight excluding hydrogens is 393 g/mol. The van der Waals surface area contributed by atoms with E-state index in [2.05, 4.69) is 19.8 Å². The Morgan fingerprint density at radius 3 is 2.70 bits per heavy atom. The summed E-state index contributed by atoms with van der Waals surface area (Å²) in [4.78, 5) is 17.8. The van der Waals surface area contributed by atoms with E-state index >= 15 is 0 Å². The molecule has 0 saturated carbocycles. The number of hydrogen-bond donors (Lipinski definition) is 0. The van der Waals surface area contributed by atoms with Gasteiger partial charge in [-0.1, -0.05) is 19.9 Å². The normalized spacial score (nSPS) is 14.9. The standard InChI is InChI=1S/C21H28FN3O5/c1-14(2)20-23-21(24-30-20)25-8-6-16(7-9-25)28-10-11-29-17-5-4-15(18(22)13-17)12-19(26)27-3/h4-5,13-14,16H,6-12H2,1-3H3. The Kier molecular flexibility index (Phi) is 7.62. The van der Waals surface area contributed by atoms with Crippen molar-refractivity contribution in [2.45, 2.75) is 45.1 Å². The van der Waals surface area contributed by atoms with Gasteiger partial charge in [0, 0.05) is 25.1 Å². The van der Waals surface area contributed by atoms with Crippen molar-refractivity contribution in [1.82, 2.24) is 10.1 Å². The van der Waals surface area contributed by atoms with Gasteiger partial charge in [-0.05, 0) is 29.6 Å². The van der Waals surface area contributed by atoms with Gasteiger partial charge in [-0.2, -0.15) is 4.98 Å². The number of rotatable bonds is 9. The van der Waals surface area contributed by atoms with Gasteiger partial charge in [0.25, 0.3) is 5.95 Å². The van der Waals surface area contributed by atoms with E-state index in [9.17, 15) is 9.18 Å². The van der Waals surface area contributed by atoms with Crippen molar-refractivity contribution in [3.8, 4) is 5.75 Å². The van der Waals surface area contributed by atoms with Crippen molar-refractivity contribution in [3.05, 3.63) is 35.5 Å². The topological polar surface area (TPSA) is 86.9 Å². The molecule has 30 heavy (non-hydrogen) atoms. The first kappa shape index (κ1) is 22.0. The van der Waals surface area contributed by atoms with Crippen LogP contribution in [-0.4, -0.2) is 55.6 Å². The fourth-order valence-corrected chi connectivity index (χ4v) is 3.18. The SMILES string of the molecule is COC(=O)Cc1ccc(OCCOC2CCN(c3noc(C(C)C)n3)CC2)cc1F. The molecule has 164 valence electrons. The second-order valence-electron chi connectivity index (χ2n) is 7.50. The van der Waals surface area contributed by atoms with E-state index in [1.165, 1.54) is 19.2 Å². The Morgan fingerprint density at radius 2 is 2.07 bits per heavy atom. The number of nitrogens with zero attached hydrogens (tertiary/aromatic N) is 3. The summed E-state index contributed by atoms with van der Waals surface area (Å²) in [6.07, 6.45) is 1.76. The first-order chi connectivity index (χ1) is 14.5. The monoisotopic (exact) mass is 421 g/mol. The lowest BCUT2D eigenvalue weighted by Gasteiger charge is -2.30. The number of hydrogen-bond acceptors (Lipinski definition) is 8. The number of carbonyl (C=O) groups is 1. The van der Waals surface area contributed by atoms with Crippen molar-refractivity contribution in [2.75, 3.05) is 38.3 Å². The first-order valence-electron chi connectivity index (χ1n) is 10.1. The maximum absolute atomic E-state index is 14.0. The molecule has 1 aliphatic heterocycles. The van der Waals surface area contributed by atoms with Crippen molar-refractivity contribution in [3.63, 3.8) is 0 Å². The van der Waals surface area contributed by atoms with Gasteiger partial charge in [-0.15, -0.1) is 0 Å². The van der Waals surface area contributed by atoms with Gasteiger partial charge in [-0.3, -0.25) is 4.79 Å². The Bertz CT molecular complexity index is 834. The number of benzene rings is 1. The van der Waals surface area contributed by atoms with Crippen LogP contribution < -0.4 is 9.64 Å². The van der Waals surface area contributed by atoms with E-state index in [0.717, 1.165) is 25.9 Å². The molecule has 1 fully saturated rings. The third-order valence-electron chi connectivity index (χ3n) is 4.94. The van der Waals surface area contributed by atoms with Crippen LogP contribution in [0, 0.1) is 5.82 Å². The Hall–Kier alpha value is -2.68. The van der Waals surface area contributed by atoms with Crippen LogP contribution in [-0.2, 0) is 20.7 Å². The minimum Gasteiger partial charge on any atom is -0.491 e. The summed E-state index contributed by atoms with van der Waals surface area (Å²) in [5.41, 5.74) is 0.277. The molecule has 3 rings (SSSR count). The van der Waals surface area contributed by atoms with Gasteiger partial charge < -0.3 is 23.6 Å². The molecule has 1 aromatic heterocycles. The quantitative estimate of drug-likeness (QED) is 0.451. The summed E-state index contributed by atoms with van der Waals surface area (Å²) in [7, 11) is 1.27. The Morgan fingerprint density at radius 1 is 1.30 bits per heavy atom. The van der Waals surface area contributed by atoms with E-state index in [1.54, 1.807) is 6.07 Å². The van der Waals surface area contributed by atoms with Crippen LogP contribution in [0.4, 0.5) is 10.3 Å². The lowest BCUT2D eigenvalue weighted by atomic mass is 10.1. The van der Waals surface area contributed by atoms with Gasteiger partial charge in [0.15, 0.2) is 0 Å². The lowest BCUT2D eigenvalue weighted by molar-refractivity contribution is -0.139. The Balaban J connectivity index is 1.36. The predicted molar refractivity (Wildman–Crippen MR) is 107 cm³/mol. The molecule has 0 radical (unpaired) electrons. The number of aromatic nitrogens is 2. The van der Waals surface area contributed by atoms with Gasteiger partial charge in [-0.25, -0.2) is 4.39 Å². The molecule has 0 bridgehead atoms. The van der Waals surface area contributed by atoms with Crippen LogP contribution in [0.5, 0.6) is 5.75 Å². The number of carbonyl (C=O) groups excluding carboxylic acids is 1. The summed E-state index contributed by atoms with van der Waals surface area (Å²) in [5.74, 6) is 0.922. The van der Waals surface area contributed by atoms with E-state index < -0.39 is 11.8 Å². The maximum Gasteiger partial charge on any atom is 0.310 e. The number of piperidine rings is 1. The summed E-state index contributed by atoms with van der Waals surface area (Å²) >= 11 is 0. The first-order valence-corrected chi connectivity index (χ1v) is 10.1. The van der Waals surface area contributed by atoms with Crippen LogP contribution in [0.25, 0.3) is 0 Å². The molecule has 2 heterocycles. The summed E-state index contributed by atoms with van der Waals surface area (Å²) < 4.78 is 35.3. The molecule has 8 nitrogen and oxygen atoms in total. The lowest BCUT2D eigenvalue weighted by Crippen LogP contribution is -2.38. The molecule has 1 aliphatic rings. The van der Waals surface area contributed by atoms with E-state index in [4.69, 9.17) is 14.0 Å². The average molecular weight is 421 g/mol. The van der Waals surface area contributed by atoms with Gasteiger partial charge in [0.1, 0.15) is 18.2 Å². The maximum atomic E-state index is 14.0. The molecule has 2 aromatic rings. The fraction of sp³-hybridized carbons (Fsp3) is 0.571. The highest BCUT2D eigenvalue weighted by molar-refractivity contribution is 5.72. The summed E-state index contributed by atoms with van der Waals surface area (Å²) in [5, 5.41) is 4.05. The average Bonchev–Trinajstić information content (AvgIpc) is 3.24. The van der Waals surface area contributed by atoms with Crippen molar-refractivity contribution < 1.29 is 27.9 Å². The third-order valence-corrected chi connectivity index (χ3v) is 4.94. The van der Waals surface area contributed by atoms with Crippen molar-refractivity contribution >= 4 is 11.9 Å². The van der Waals surface area contributed by atoms with E-state index in [-0.39, 0.29) is 24.0 Å². The minimum atomic E-state index is -0.492. The molecule has 0 N–H and O–H groups in total. The summed E-state index contributed by atoms with van der Waals surface area (Å²) in [6.45, 7) is 6.37. The van der Waals surface area contributed by atoms with Crippen LogP contribution in [0.2, 0.25) is 0 Å². The van der Waals surface area contributed by atoms with Crippen molar-refractivity contribution in [2.24, 2.45) is 0 Å². The minimum absolute atomic E-state index is 0.104. The largest absolute Gasteiger partial charge is 0.491 e. The molecule has 0 spiro atoms. The molecule has 1 aromatic carbocycles. The second-order valence-corrected chi connectivity index (χ2v) is 7.50. The van der Waals surface area contributed by atoms with Crippen LogP contribution in [0.15, 0.2) is 22.7 Å². The van der Waals surface area contributed by atoms with Crippen molar-refractivity contribution in [1.29, 1.82) is 0 Å². The van der Waals surface area contributed by atoms with Gasteiger partial charge in [0.05, 0.1) is 26.2 Å². The van der Waals surface area contributed by atoms with Crippen LogP contribution in [0.1, 0.15) is 44.1 Å². The zero-order chi connectivity index (χ0) is 21.5. The number of halogens is 1. The fourth-order valence-electron chi connectivity index (χ4n) is 3.18. The number of ether oxygens (including phenoxy) is 3. The van der Waals surface area contributed by atoms with Crippen LogP contribution >= 0.6 is 0 Å². The zero-order valence-corrected chi connectivity index (χ0v) is 17.6. The number of anilines is 1. The third kappa shape index (κ3) is 5.91. The molecule has 9 heteroatoms. The molecule has 0 atom stereocenters. The molecular formula is C21H28FN3O5. The highest BCUT2D eigenvalue weighted by Crippen LogP contribution is 2.21. The predicted octanol–water partition coefficient (Wildman–Crippen LogP) is 3.11. The smallest absolute Gasteiger partial charge is 0.310 e. The Labute approximate surface area is 175 Å². The van der Waals surface area contributed by atoms with Gasteiger partial charge >= 0.3 is 5.97 Å². The molecule has 0 amide bonds. The van der Waals surface area contributed by atoms with Crippen LogP contribution in [0.3, 0.4) is 0 Å².